The van der Waals surface area contributed by atoms with Crippen LogP contribution in [0.5, 0.6) is 0 Å². The number of carbonyl (C=O) groups is 3. The Morgan fingerprint density at radius 1 is 1.23 bits per heavy atom. The van der Waals surface area contributed by atoms with Crippen LogP contribution in [-0.4, -0.2) is 53.1 Å². The van der Waals surface area contributed by atoms with Gasteiger partial charge in [0.25, 0.3) is 0 Å². The summed E-state index contributed by atoms with van der Waals surface area (Å²) in [5.74, 6) is -1.13. The number of esters is 1. The Balaban J connectivity index is 1.70. The number of amides is 2. The van der Waals surface area contributed by atoms with Crippen LogP contribution in [0.25, 0.3) is 0 Å². The van der Waals surface area contributed by atoms with Gasteiger partial charge in [0.15, 0.2) is 0 Å². The van der Waals surface area contributed by atoms with Crippen LogP contribution in [0.3, 0.4) is 0 Å². The molecule has 1 aromatic carbocycles. The molecule has 0 saturated heterocycles. The number of ether oxygens (including phenoxy) is 1. The van der Waals surface area contributed by atoms with E-state index >= 15 is 0 Å². The maximum Gasteiger partial charge on any atom is 0.305 e. The molecule has 0 radical (unpaired) electrons. The molecule has 0 fully saturated rings. The van der Waals surface area contributed by atoms with E-state index in [1.807, 2.05) is 36.4 Å². The van der Waals surface area contributed by atoms with E-state index in [4.69, 9.17) is 4.74 Å². The van der Waals surface area contributed by atoms with E-state index in [1.54, 1.807) is 11.8 Å². The van der Waals surface area contributed by atoms with Crippen LogP contribution < -0.4 is 5.32 Å². The van der Waals surface area contributed by atoms with Crippen molar-refractivity contribution in [2.75, 3.05) is 13.2 Å². The molecule has 2 heterocycles. The Hall–Kier alpha value is -2.67. The molecule has 0 aliphatic carbocycles. The predicted octanol–water partition coefficient (Wildman–Crippen LogP) is 2.12. The third-order valence-electron chi connectivity index (χ3n) is 5.90. The molecule has 7 heteroatoms. The summed E-state index contributed by atoms with van der Waals surface area (Å²) >= 11 is 0. The standard InChI is InChI=1S/C24H32N2O5/c1-17-16-31-23(29)11-5-3-2-4-9-19(24(30)25-17)13-22(28)26-14-20-10-7-6-8-18(20)12-21(26)15-27/h2,4,6-8,10,17,19,21,27H,3,5,9,11-16H2,1H3,(H,25,30)/t17-,19+,21-/m0/s1. The van der Waals surface area contributed by atoms with Gasteiger partial charge in [0.1, 0.15) is 6.61 Å². The maximum atomic E-state index is 13.2. The number of hydrogen-bond donors (Lipinski definition) is 2. The van der Waals surface area contributed by atoms with E-state index in [-0.39, 0.29) is 49.5 Å². The van der Waals surface area contributed by atoms with Crippen molar-refractivity contribution in [1.82, 2.24) is 10.2 Å². The number of carbonyl (C=O) groups excluding carboxylic acids is 3. The van der Waals surface area contributed by atoms with Crippen molar-refractivity contribution in [3.05, 3.63) is 47.5 Å². The molecule has 168 valence electrons. The Morgan fingerprint density at radius 2 is 2.00 bits per heavy atom. The van der Waals surface area contributed by atoms with Crippen LogP contribution in [0.15, 0.2) is 36.4 Å². The van der Waals surface area contributed by atoms with Gasteiger partial charge in [0.2, 0.25) is 11.8 Å². The molecule has 2 N–H and O–H groups in total. The van der Waals surface area contributed by atoms with Gasteiger partial charge in [-0.3, -0.25) is 14.4 Å². The highest BCUT2D eigenvalue weighted by Gasteiger charge is 2.32. The minimum atomic E-state index is -0.515. The van der Waals surface area contributed by atoms with Gasteiger partial charge in [-0.05, 0) is 43.7 Å². The molecule has 0 unspecified atom stereocenters. The smallest absolute Gasteiger partial charge is 0.305 e. The Kier molecular flexibility index (Phi) is 8.23. The van der Waals surface area contributed by atoms with Crippen LogP contribution in [0.4, 0.5) is 0 Å². The van der Waals surface area contributed by atoms with Gasteiger partial charge in [-0.2, -0.15) is 0 Å². The summed E-state index contributed by atoms with van der Waals surface area (Å²) in [4.78, 5) is 39.5. The number of rotatable bonds is 3. The second-order valence-electron chi connectivity index (χ2n) is 8.42. The zero-order chi connectivity index (χ0) is 22.2. The van der Waals surface area contributed by atoms with E-state index in [2.05, 4.69) is 5.32 Å². The lowest BCUT2D eigenvalue weighted by atomic mass is 9.92. The van der Waals surface area contributed by atoms with E-state index in [0.717, 1.165) is 17.5 Å². The molecular weight excluding hydrogens is 396 g/mol. The number of cyclic esters (lactones) is 1. The molecule has 3 rings (SSSR count). The van der Waals surface area contributed by atoms with E-state index in [0.29, 0.717) is 32.2 Å². The number of hydrogen-bond acceptors (Lipinski definition) is 5. The highest BCUT2D eigenvalue weighted by atomic mass is 16.5. The lowest BCUT2D eigenvalue weighted by Crippen LogP contribution is -2.48. The van der Waals surface area contributed by atoms with Gasteiger partial charge in [-0.1, -0.05) is 36.4 Å². The molecule has 3 atom stereocenters. The molecule has 0 aromatic heterocycles. The number of allylic oxidation sites excluding steroid dienone is 2. The normalized spacial score (nSPS) is 25.4. The van der Waals surface area contributed by atoms with Crippen molar-refractivity contribution < 1.29 is 24.2 Å². The number of aliphatic hydroxyl groups is 1. The summed E-state index contributed by atoms with van der Waals surface area (Å²) in [5, 5.41) is 12.7. The summed E-state index contributed by atoms with van der Waals surface area (Å²) in [7, 11) is 0. The first kappa shape index (κ1) is 23.0. The predicted molar refractivity (Wildman–Crippen MR) is 116 cm³/mol. The van der Waals surface area contributed by atoms with Crippen molar-refractivity contribution in [2.24, 2.45) is 5.92 Å². The fourth-order valence-electron chi connectivity index (χ4n) is 4.09. The number of fused-ring (bicyclic) bond motifs is 1. The minimum Gasteiger partial charge on any atom is -0.464 e. The second-order valence-corrected chi connectivity index (χ2v) is 8.42. The lowest BCUT2D eigenvalue weighted by molar-refractivity contribution is -0.145. The third-order valence-corrected chi connectivity index (χ3v) is 5.90. The van der Waals surface area contributed by atoms with Crippen molar-refractivity contribution in [3.63, 3.8) is 0 Å². The highest BCUT2D eigenvalue weighted by Crippen LogP contribution is 2.25. The van der Waals surface area contributed by atoms with Gasteiger partial charge >= 0.3 is 5.97 Å². The van der Waals surface area contributed by atoms with Crippen LogP contribution in [-0.2, 0) is 32.1 Å². The molecule has 2 amide bonds. The molecule has 2 aliphatic heterocycles. The molecule has 31 heavy (non-hydrogen) atoms. The Labute approximate surface area is 183 Å². The highest BCUT2D eigenvalue weighted by molar-refractivity contribution is 5.86. The summed E-state index contributed by atoms with van der Waals surface area (Å²) in [5.41, 5.74) is 2.23. The summed E-state index contributed by atoms with van der Waals surface area (Å²) in [6.45, 7) is 2.23. The lowest BCUT2D eigenvalue weighted by Gasteiger charge is -2.36. The molecule has 0 bridgehead atoms. The van der Waals surface area contributed by atoms with Crippen molar-refractivity contribution in [1.29, 1.82) is 0 Å². The zero-order valence-corrected chi connectivity index (χ0v) is 18.1. The maximum absolute atomic E-state index is 13.2. The first-order valence-electron chi connectivity index (χ1n) is 11.1. The Bertz CT molecular complexity index is 822. The van der Waals surface area contributed by atoms with Crippen molar-refractivity contribution in [3.8, 4) is 0 Å². The summed E-state index contributed by atoms with van der Waals surface area (Å²) < 4.78 is 5.21. The summed E-state index contributed by atoms with van der Waals surface area (Å²) in [6, 6.07) is 7.33. The molecule has 0 spiro atoms. The van der Waals surface area contributed by atoms with E-state index in [9.17, 15) is 19.5 Å². The summed E-state index contributed by atoms with van der Waals surface area (Å²) in [6.07, 6.45) is 6.77. The number of nitrogens with zero attached hydrogens (tertiary/aromatic N) is 1. The minimum absolute atomic E-state index is 0.0708. The first-order chi connectivity index (χ1) is 15.0. The SMILES string of the molecule is C[C@H]1COC(=O)CCCC=CC[C@H](CC(=O)N2Cc3ccccc3C[C@H]2CO)C(=O)N1. The second kappa shape index (κ2) is 11.1. The van der Waals surface area contributed by atoms with Crippen LogP contribution in [0, 0.1) is 5.92 Å². The van der Waals surface area contributed by atoms with E-state index < -0.39 is 5.92 Å². The fourth-order valence-corrected chi connectivity index (χ4v) is 4.09. The fraction of sp³-hybridized carbons (Fsp3) is 0.542. The average Bonchev–Trinajstić information content (AvgIpc) is 2.78. The van der Waals surface area contributed by atoms with Gasteiger partial charge in [0, 0.05) is 19.4 Å². The van der Waals surface area contributed by atoms with Crippen molar-refractivity contribution in [2.45, 2.75) is 64.1 Å². The molecule has 7 nitrogen and oxygen atoms in total. The molecular formula is C24H32N2O5. The van der Waals surface area contributed by atoms with Crippen molar-refractivity contribution >= 4 is 17.8 Å². The zero-order valence-electron chi connectivity index (χ0n) is 18.1. The number of nitrogens with one attached hydrogen (secondary N) is 1. The Morgan fingerprint density at radius 3 is 2.77 bits per heavy atom. The van der Waals surface area contributed by atoms with Crippen LogP contribution in [0.2, 0.25) is 0 Å². The third kappa shape index (κ3) is 6.40. The topological polar surface area (TPSA) is 95.9 Å². The van der Waals surface area contributed by atoms with Gasteiger partial charge in [0.05, 0.1) is 24.6 Å². The first-order valence-corrected chi connectivity index (χ1v) is 11.1. The van der Waals surface area contributed by atoms with Gasteiger partial charge in [-0.15, -0.1) is 0 Å². The molecule has 2 aliphatic rings. The van der Waals surface area contributed by atoms with E-state index in [1.165, 1.54) is 0 Å². The average molecular weight is 429 g/mol. The molecule has 1 aromatic rings. The quantitative estimate of drug-likeness (QED) is 0.568. The largest absolute Gasteiger partial charge is 0.464 e. The monoisotopic (exact) mass is 428 g/mol. The number of benzene rings is 1. The van der Waals surface area contributed by atoms with Crippen LogP contribution in [0.1, 0.15) is 50.2 Å². The van der Waals surface area contributed by atoms with Gasteiger partial charge in [-0.25, -0.2) is 0 Å². The molecule has 0 saturated carbocycles. The van der Waals surface area contributed by atoms with Gasteiger partial charge < -0.3 is 20.1 Å². The number of aliphatic hydroxyl groups excluding tert-OH is 1. The van der Waals surface area contributed by atoms with Crippen LogP contribution >= 0.6 is 0 Å².